The summed E-state index contributed by atoms with van der Waals surface area (Å²) in [6, 6.07) is 6.46. The number of aliphatic hydroxyl groups excluding tert-OH is 1. The number of ether oxygens (including phenoxy) is 3. The zero-order valence-electron chi connectivity index (χ0n) is 24.3. The fraction of sp³-hybridized carbons (Fsp3) is 0.586. The summed E-state index contributed by atoms with van der Waals surface area (Å²) in [5, 5.41) is 15.5. The topological polar surface area (TPSA) is 115 Å². The Morgan fingerprint density at radius 2 is 1.85 bits per heavy atom. The van der Waals surface area contributed by atoms with Crippen molar-refractivity contribution < 1.29 is 24.1 Å². The molecule has 1 amide bonds. The number of nitrogens with zero attached hydrogens (tertiary/aromatic N) is 6. The molecule has 2 aliphatic rings. The van der Waals surface area contributed by atoms with Crippen LogP contribution in [0, 0.1) is 6.92 Å². The highest BCUT2D eigenvalue weighted by atomic mass is 16.6. The standard InChI is InChI=1S/C29H40N6O5/c1-18-13-21-16-30-35(23(21)14-22(18)20-7-9-33(10-8-20)28(37)40-29(3,4)5)26-15-25(31-27(32-26)38-6)34-11-12-39-24(17-36)19(34)2/h13-16,19-20,24,36H,7-12,17H2,1-6H3. The lowest BCUT2D eigenvalue weighted by molar-refractivity contribution is -0.0184. The van der Waals surface area contributed by atoms with Gasteiger partial charge in [0.15, 0.2) is 5.82 Å². The Bertz CT molecular complexity index is 1360. The summed E-state index contributed by atoms with van der Waals surface area (Å²) < 4.78 is 18.6. The maximum Gasteiger partial charge on any atom is 0.410 e. The molecule has 2 saturated heterocycles. The van der Waals surface area contributed by atoms with Gasteiger partial charge in [-0.05, 0) is 76.6 Å². The highest BCUT2D eigenvalue weighted by Gasteiger charge is 2.31. The van der Waals surface area contributed by atoms with Gasteiger partial charge >= 0.3 is 12.1 Å². The van der Waals surface area contributed by atoms with Crippen molar-refractivity contribution in [1.82, 2.24) is 24.6 Å². The molecule has 11 heteroatoms. The first-order chi connectivity index (χ1) is 19.1. The second-order valence-corrected chi connectivity index (χ2v) is 11.7. The maximum atomic E-state index is 12.6. The van der Waals surface area contributed by atoms with Crippen LogP contribution in [0.15, 0.2) is 24.4 Å². The number of amides is 1. The fourth-order valence-corrected chi connectivity index (χ4v) is 5.65. The van der Waals surface area contributed by atoms with Crippen LogP contribution in [0.1, 0.15) is 57.6 Å². The highest BCUT2D eigenvalue weighted by Crippen LogP contribution is 2.34. The number of anilines is 1. The number of likely N-dealkylation sites (tertiary alicyclic amines) is 1. The highest BCUT2D eigenvalue weighted by molar-refractivity contribution is 5.82. The molecule has 1 aromatic carbocycles. The van der Waals surface area contributed by atoms with Gasteiger partial charge in [-0.3, -0.25) is 0 Å². The number of aromatic nitrogens is 4. The molecule has 2 fully saturated rings. The summed E-state index contributed by atoms with van der Waals surface area (Å²) in [6.07, 6.45) is 3.05. The molecule has 2 atom stereocenters. The number of hydrogen-bond donors (Lipinski definition) is 1. The number of carbonyl (C=O) groups excluding carboxylic acids is 1. The van der Waals surface area contributed by atoms with Crippen LogP contribution < -0.4 is 9.64 Å². The molecular weight excluding hydrogens is 512 g/mol. The van der Waals surface area contributed by atoms with Crippen molar-refractivity contribution in [1.29, 1.82) is 0 Å². The first-order valence-electron chi connectivity index (χ1n) is 14.0. The van der Waals surface area contributed by atoms with E-state index in [2.05, 4.69) is 33.9 Å². The Balaban J connectivity index is 1.43. The van der Waals surface area contributed by atoms with Gasteiger partial charge < -0.3 is 29.1 Å². The summed E-state index contributed by atoms with van der Waals surface area (Å²) in [5.41, 5.74) is 2.91. The number of rotatable bonds is 5. The van der Waals surface area contributed by atoms with Crippen molar-refractivity contribution in [2.75, 3.05) is 44.9 Å². The van der Waals surface area contributed by atoms with Crippen molar-refractivity contribution in [2.45, 2.75) is 71.1 Å². The van der Waals surface area contributed by atoms with E-state index in [4.69, 9.17) is 19.3 Å². The molecule has 2 aromatic heterocycles. The Morgan fingerprint density at radius 3 is 2.52 bits per heavy atom. The fourth-order valence-electron chi connectivity index (χ4n) is 5.65. The lowest BCUT2D eigenvalue weighted by atomic mass is 9.86. The molecule has 11 nitrogen and oxygen atoms in total. The van der Waals surface area contributed by atoms with E-state index in [1.54, 1.807) is 7.11 Å². The quantitative estimate of drug-likeness (QED) is 0.504. The van der Waals surface area contributed by atoms with E-state index >= 15 is 0 Å². The Morgan fingerprint density at radius 1 is 1.12 bits per heavy atom. The minimum atomic E-state index is -0.502. The third kappa shape index (κ3) is 5.71. The van der Waals surface area contributed by atoms with Crippen LogP contribution >= 0.6 is 0 Å². The monoisotopic (exact) mass is 552 g/mol. The second-order valence-electron chi connectivity index (χ2n) is 11.7. The number of methoxy groups -OCH3 is 1. The van der Waals surface area contributed by atoms with Gasteiger partial charge in [-0.15, -0.1) is 0 Å². The average molecular weight is 553 g/mol. The molecule has 216 valence electrons. The molecule has 5 rings (SSSR count). The lowest BCUT2D eigenvalue weighted by Crippen LogP contribution is -2.51. The number of piperidine rings is 1. The Hall–Kier alpha value is -3.44. The van der Waals surface area contributed by atoms with Crippen LogP contribution in [0.2, 0.25) is 0 Å². The molecular formula is C29H40N6O5. The van der Waals surface area contributed by atoms with Gasteiger partial charge in [0.25, 0.3) is 0 Å². The average Bonchev–Trinajstić information content (AvgIpc) is 3.34. The second kappa shape index (κ2) is 11.2. The maximum absolute atomic E-state index is 12.6. The minimum absolute atomic E-state index is 0.0602. The van der Waals surface area contributed by atoms with E-state index in [1.165, 1.54) is 11.1 Å². The number of aryl methyl sites for hydroxylation is 1. The van der Waals surface area contributed by atoms with Crippen molar-refractivity contribution in [3.05, 3.63) is 35.5 Å². The number of hydrogen-bond acceptors (Lipinski definition) is 9. The van der Waals surface area contributed by atoms with Gasteiger partial charge in [0.1, 0.15) is 17.5 Å². The molecule has 0 radical (unpaired) electrons. The SMILES string of the molecule is COc1nc(N2CCOC(CO)C2C)cc(-n2ncc3cc(C)c(C4CCN(C(=O)OC(C)(C)C)CC4)cc32)n1. The van der Waals surface area contributed by atoms with Crippen molar-refractivity contribution >= 4 is 22.8 Å². The summed E-state index contributed by atoms with van der Waals surface area (Å²) in [6.45, 7) is 12.2. The van der Waals surface area contributed by atoms with Gasteiger partial charge in [-0.2, -0.15) is 15.1 Å². The van der Waals surface area contributed by atoms with Gasteiger partial charge in [-0.1, -0.05) is 0 Å². The third-order valence-electron chi connectivity index (χ3n) is 7.79. The molecule has 0 spiro atoms. The molecule has 3 aromatic rings. The zero-order chi connectivity index (χ0) is 28.6. The third-order valence-corrected chi connectivity index (χ3v) is 7.79. The van der Waals surface area contributed by atoms with E-state index < -0.39 is 5.60 Å². The van der Waals surface area contributed by atoms with Crippen LogP contribution in [-0.4, -0.2) is 93.6 Å². The van der Waals surface area contributed by atoms with Crippen molar-refractivity contribution in [2.24, 2.45) is 0 Å². The molecule has 0 saturated carbocycles. The molecule has 40 heavy (non-hydrogen) atoms. The summed E-state index contributed by atoms with van der Waals surface area (Å²) in [7, 11) is 1.55. The number of benzene rings is 1. The predicted octanol–water partition coefficient (Wildman–Crippen LogP) is 3.83. The van der Waals surface area contributed by atoms with Crippen molar-refractivity contribution in [3.8, 4) is 11.8 Å². The van der Waals surface area contributed by atoms with Crippen LogP contribution in [0.3, 0.4) is 0 Å². The zero-order valence-corrected chi connectivity index (χ0v) is 24.3. The summed E-state index contributed by atoms with van der Waals surface area (Å²) in [5.74, 6) is 1.62. The van der Waals surface area contributed by atoms with Gasteiger partial charge in [0, 0.05) is 31.1 Å². The Kier molecular flexibility index (Phi) is 7.87. The largest absolute Gasteiger partial charge is 0.467 e. The number of aliphatic hydroxyl groups is 1. The predicted molar refractivity (Wildman–Crippen MR) is 151 cm³/mol. The van der Waals surface area contributed by atoms with E-state index in [0.717, 1.165) is 23.7 Å². The first-order valence-corrected chi connectivity index (χ1v) is 14.0. The molecule has 0 aliphatic carbocycles. The van der Waals surface area contributed by atoms with Crippen LogP contribution in [0.25, 0.3) is 16.7 Å². The normalized spacial score (nSPS) is 20.7. The molecule has 1 N–H and O–H groups in total. The summed E-state index contributed by atoms with van der Waals surface area (Å²) in [4.78, 5) is 25.7. The molecule has 4 heterocycles. The first kappa shape index (κ1) is 28.1. The number of morpholine rings is 1. The summed E-state index contributed by atoms with van der Waals surface area (Å²) >= 11 is 0. The van der Waals surface area contributed by atoms with Crippen LogP contribution in [0.5, 0.6) is 6.01 Å². The smallest absolute Gasteiger partial charge is 0.410 e. The minimum Gasteiger partial charge on any atom is -0.467 e. The van der Waals surface area contributed by atoms with Crippen LogP contribution in [-0.2, 0) is 9.47 Å². The van der Waals surface area contributed by atoms with Crippen LogP contribution in [0.4, 0.5) is 10.6 Å². The lowest BCUT2D eigenvalue weighted by Gasteiger charge is -2.39. The van der Waals surface area contributed by atoms with Gasteiger partial charge in [0.2, 0.25) is 0 Å². The number of carbonyl (C=O) groups is 1. The van der Waals surface area contributed by atoms with Crippen molar-refractivity contribution in [3.63, 3.8) is 0 Å². The van der Waals surface area contributed by atoms with Gasteiger partial charge in [-0.25, -0.2) is 9.48 Å². The number of fused-ring (bicyclic) bond motifs is 1. The Labute approximate surface area is 235 Å². The van der Waals surface area contributed by atoms with E-state index in [1.807, 2.05) is 49.5 Å². The van der Waals surface area contributed by atoms with Gasteiger partial charge in [0.05, 0.1) is 38.1 Å². The molecule has 2 aliphatic heterocycles. The van der Waals surface area contributed by atoms with E-state index in [-0.39, 0.29) is 30.9 Å². The van der Waals surface area contributed by atoms with E-state index in [0.29, 0.717) is 43.8 Å². The molecule has 0 bridgehead atoms. The molecule has 2 unspecified atom stereocenters. The van der Waals surface area contributed by atoms with E-state index in [9.17, 15) is 9.90 Å².